The molecule has 3 heteroatoms. The van der Waals surface area contributed by atoms with Gasteiger partial charge in [0, 0.05) is 14.1 Å². The van der Waals surface area contributed by atoms with E-state index in [1.807, 2.05) is 60.7 Å². The average molecular weight is 279 g/mol. The number of rotatable bonds is 3. The van der Waals surface area contributed by atoms with E-state index in [0.29, 0.717) is 0 Å². The second-order valence-electron chi connectivity index (χ2n) is 4.49. The second-order valence-corrected chi connectivity index (χ2v) is 4.49. The molecule has 0 aliphatic heterocycles. The van der Waals surface area contributed by atoms with Crippen LogP contribution in [0.1, 0.15) is 17.0 Å². The summed E-state index contributed by atoms with van der Waals surface area (Å²) in [6, 6.07) is 19.8. The summed E-state index contributed by atoms with van der Waals surface area (Å²) in [5.74, 6) is -0.116. The fraction of sp³-hybridized carbons (Fsp3) is 0.188. The van der Waals surface area contributed by atoms with Gasteiger partial charge in [-0.2, -0.15) is 0 Å². The van der Waals surface area contributed by atoms with Crippen molar-refractivity contribution in [3.8, 4) is 0 Å². The molecule has 0 aliphatic rings. The Bertz CT molecular complexity index is 471. The van der Waals surface area contributed by atoms with Crippen LogP contribution in [-0.4, -0.2) is 76.3 Å². The van der Waals surface area contributed by atoms with Crippen LogP contribution in [-0.2, 0) is 4.79 Å². The van der Waals surface area contributed by atoms with E-state index in [2.05, 4.69) is 0 Å². The van der Waals surface area contributed by atoms with Crippen molar-refractivity contribution in [2.75, 3.05) is 14.1 Å². The monoisotopic (exact) mass is 279 g/mol. The molecule has 94 valence electrons. The van der Waals surface area contributed by atoms with Crippen LogP contribution in [0.25, 0.3) is 0 Å². The third-order valence-corrected chi connectivity index (χ3v) is 2.95. The molecule has 1 amide bonds. The van der Waals surface area contributed by atoms with Gasteiger partial charge in [-0.15, -0.1) is 0 Å². The SMILES string of the molecule is CN(C)C(=O)C(c1ccccc1)c1ccccc1.[KH]. The van der Waals surface area contributed by atoms with Crippen LogP contribution in [0.4, 0.5) is 0 Å². The molecular weight excluding hydrogens is 261 g/mol. The summed E-state index contributed by atoms with van der Waals surface area (Å²) in [6.07, 6.45) is 0. The maximum absolute atomic E-state index is 12.4. The van der Waals surface area contributed by atoms with Gasteiger partial charge in [0.2, 0.25) is 5.91 Å². The predicted molar refractivity (Wildman–Crippen MR) is 80.6 cm³/mol. The van der Waals surface area contributed by atoms with Gasteiger partial charge in [-0.05, 0) is 11.1 Å². The van der Waals surface area contributed by atoms with E-state index in [-0.39, 0.29) is 63.2 Å². The number of nitrogens with zero attached hydrogens (tertiary/aromatic N) is 1. The van der Waals surface area contributed by atoms with E-state index < -0.39 is 0 Å². The Kier molecular flexibility index (Phi) is 6.97. The van der Waals surface area contributed by atoms with Gasteiger partial charge in [0.1, 0.15) is 0 Å². The maximum atomic E-state index is 12.4. The molecule has 0 spiro atoms. The van der Waals surface area contributed by atoms with Crippen molar-refractivity contribution in [2.24, 2.45) is 0 Å². The van der Waals surface area contributed by atoms with Gasteiger partial charge in [0.05, 0.1) is 5.92 Å². The Morgan fingerprint density at radius 3 is 1.53 bits per heavy atom. The molecule has 2 aromatic carbocycles. The standard InChI is InChI=1S/C16H17NO.K.H/c1-17(2)16(18)15(13-9-5-3-6-10-13)14-11-7-4-8-12-14;;/h3-12,15H,1-2H3;;. The first-order chi connectivity index (χ1) is 8.70. The molecule has 0 N–H and O–H groups in total. The molecule has 0 saturated heterocycles. The molecule has 0 radical (unpaired) electrons. The summed E-state index contributed by atoms with van der Waals surface area (Å²) in [7, 11) is 3.59. The summed E-state index contributed by atoms with van der Waals surface area (Å²) in [4.78, 5) is 14.0. The Morgan fingerprint density at radius 1 is 0.842 bits per heavy atom. The van der Waals surface area contributed by atoms with Crippen LogP contribution < -0.4 is 0 Å². The van der Waals surface area contributed by atoms with Gasteiger partial charge < -0.3 is 4.90 Å². The van der Waals surface area contributed by atoms with Crippen LogP contribution in [0.5, 0.6) is 0 Å². The van der Waals surface area contributed by atoms with Crippen molar-refractivity contribution in [1.29, 1.82) is 0 Å². The van der Waals surface area contributed by atoms with E-state index in [4.69, 9.17) is 0 Å². The van der Waals surface area contributed by atoms with E-state index in [0.717, 1.165) is 11.1 Å². The van der Waals surface area contributed by atoms with Gasteiger partial charge in [0.15, 0.2) is 0 Å². The molecular formula is C16H18KNO. The summed E-state index contributed by atoms with van der Waals surface area (Å²) >= 11 is 0. The molecule has 2 nitrogen and oxygen atoms in total. The van der Waals surface area contributed by atoms with Gasteiger partial charge in [-0.3, -0.25) is 4.79 Å². The average Bonchev–Trinajstić information content (AvgIpc) is 2.41. The summed E-state index contributed by atoms with van der Waals surface area (Å²) in [6.45, 7) is 0. The van der Waals surface area contributed by atoms with Gasteiger partial charge in [-0.25, -0.2) is 0 Å². The zero-order valence-electron chi connectivity index (χ0n) is 10.7. The first-order valence-electron chi connectivity index (χ1n) is 6.01. The van der Waals surface area contributed by atoms with Crippen LogP contribution >= 0.6 is 0 Å². The van der Waals surface area contributed by atoms with E-state index in [1.54, 1.807) is 19.0 Å². The Morgan fingerprint density at radius 2 is 1.21 bits per heavy atom. The van der Waals surface area contributed by atoms with Crippen LogP contribution in [0, 0.1) is 0 Å². The zero-order chi connectivity index (χ0) is 13.0. The molecule has 2 rings (SSSR count). The first-order valence-corrected chi connectivity index (χ1v) is 6.01. The third-order valence-electron chi connectivity index (χ3n) is 2.95. The molecule has 0 aromatic heterocycles. The van der Waals surface area contributed by atoms with Crippen molar-refractivity contribution in [3.63, 3.8) is 0 Å². The molecule has 0 aliphatic carbocycles. The van der Waals surface area contributed by atoms with Crippen LogP contribution in [0.3, 0.4) is 0 Å². The Labute approximate surface area is 157 Å². The normalized spacial score (nSPS) is 9.84. The molecule has 0 bridgehead atoms. The minimum atomic E-state index is -0.220. The summed E-state index contributed by atoms with van der Waals surface area (Å²) in [5, 5.41) is 0. The molecule has 0 saturated carbocycles. The zero-order valence-corrected chi connectivity index (χ0v) is 10.7. The Hall–Kier alpha value is -0.454. The number of carbonyl (C=O) groups excluding carboxylic acids is 1. The first kappa shape index (κ1) is 16.6. The molecule has 0 heterocycles. The molecule has 0 unspecified atom stereocenters. The number of amides is 1. The number of carbonyl (C=O) groups is 1. The second kappa shape index (κ2) is 7.97. The van der Waals surface area contributed by atoms with Crippen molar-refractivity contribution >= 4 is 57.3 Å². The molecule has 0 atom stereocenters. The fourth-order valence-electron chi connectivity index (χ4n) is 2.03. The van der Waals surface area contributed by atoms with E-state index in [1.165, 1.54) is 0 Å². The topological polar surface area (TPSA) is 20.3 Å². The summed E-state index contributed by atoms with van der Waals surface area (Å²) < 4.78 is 0. The summed E-state index contributed by atoms with van der Waals surface area (Å²) in [5.41, 5.74) is 2.06. The van der Waals surface area contributed by atoms with E-state index in [9.17, 15) is 4.79 Å². The van der Waals surface area contributed by atoms with Crippen LogP contribution in [0.15, 0.2) is 60.7 Å². The quantitative estimate of drug-likeness (QED) is 0.789. The number of hydrogen-bond acceptors (Lipinski definition) is 1. The molecule has 0 fully saturated rings. The number of benzene rings is 2. The van der Waals surface area contributed by atoms with E-state index >= 15 is 0 Å². The van der Waals surface area contributed by atoms with Crippen molar-refractivity contribution < 1.29 is 4.79 Å². The van der Waals surface area contributed by atoms with Gasteiger partial charge >= 0.3 is 51.4 Å². The number of hydrogen-bond donors (Lipinski definition) is 0. The van der Waals surface area contributed by atoms with Crippen LogP contribution in [0.2, 0.25) is 0 Å². The predicted octanol–water partition coefficient (Wildman–Crippen LogP) is 2.26. The third kappa shape index (κ3) is 4.26. The van der Waals surface area contributed by atoms with Crippen molar-refractivity contribution in [1.82, 2.24) is 4.90 Å². The van der Waals surface area contributed by atoms with Crippen molar-refractivity contribution in [3.05, 3.63) is 71.8 Å². The Balaban J connectivity index is 0.00000180. The fourth-order valence-corrected chi connectivity index (χ4v) is 2.03. The minimum absolute atomic E-state index is 0. The number of likely N-dealkylation sites (N-methyl/N-ethyl adjacent to an activating group) is 1. The van der Waals surface area contributed by atoms with Gasteiger partial charge in [0.25, 0.3) is 0 Å². The van der Waals surface area contributed by atoms with Crippen molar-refractivity contribution in [2.45, 2.75) is 5.92 Å². The van der Waals surface area contributed by atoms with Gasteiger partial charge in [-0.1, -0.05) is 60.7 Å². The molecule has 2 aromatic rings. The molecule has 19 heavy (non-hydrogen) atoms.